The Morgan fingerprint density at radius 3 is 2.44 bits per heavy atom. The molecule has 5 nitrogen and oxygen atoms in total. The minimum absolute atomic E-state index is 0. The molecule has 7 heteroatoms. The highest BCUT2D eigenvalue weighted by molar-refractivity contribution is 14.0. The Morgan fingerprint density at radius 1 is 1.16 bits per heavy atom. The molecule has 136 valence electrons. The first kappa shape index (κ1) is 21.4. The molecule has 0 saturated heterocycles. The van der Waals surface area contributed by atoms with Crippen LogP contribution in [-0.4, -0.2) is 44.5 Å². The minimum atomic E-state index is 0. The van der Waals surface area contributed by atoms with Crippen LogP contribution in [0, 0.1) is 0 Å². The van der Waals surface area contributed by atoms with Crippen LogP contribution >= 0.6 is 35.3 Å². The fourth-order valence-electron chi connectivity index (χ4n) is 2.19. The number of hydrogen-bond acceptors (Lipinski definition) is 3. The number of hydrogen-bond donors (Lipinski definition) is 2. The van der Waals surface area contributed by atoms with Gasteiger partial charge in [0, 0.05) is 44.7 Å². The predicted molar refractivity (Wildman–Crippen MR) is 116 cm³/mol. The summed E-state index contributed by atoms with van der Waals surface area (Å²) in [7, 11) is 5.27. The maximum absolute atomic E-state index is 11.9. The van der Waals surface area contributed by atoms with Crippen LogP contribution in [0.5, 0.6) is 0 Å². The molecule has 2 rings (SSSR count). The Balaban J connectivity index is 0.00000312. The van der Waals surface area contributed by atoms with Gasteiger partial charge in [0.05, 0.1) is 0 Å². The molecule has 0 aliphatic rings. The molecule has 1 aromatic heterocycles. The van der Waals surface area contributed by atoms with Gasteiger partial charge >= 0.3 is 0 Å². The molecule has 0 aliphatic heterocycles. The Bertz CT molecular complexity index is 669. The van der Waals surface area contributed by atoms with E-state index in [-0.39, 0.29) is 29.9 Å². The minimum Gasteiger partial charge on any atom is -0.356 e. The molecule has 0 unspecified atom stereocenters. The highest BCUT2D eigenvalue weighted by Crippen LogP contribution is 2.08. The van der Waals surface area contributed by atoms with Crippen molar-refractivity contribution in [1.29, 1.82) is 0 Å². The molecule has 1 heterocycles. The number of thiophene rings is 1. The lowest BCUT2D eigenvalue weighted by atomic mass is 10.1. The van der Waals surface area contributed by atoms with Gasteiger partial charge in [-0.25, -0.2) is 0 Å². The van der Waals surface area contributed by atoms with Crippen molar-refractivity contribution < 1.29 is 4.79 Å². The summed E-state index contributed by atoms with van der Waals surface area (Å²) in [5, 5.41) is 8.68. The van der Waals surface area contributed by atoms with Crippen molar-refractivity contribution in [1.82, 2.24) is 15.5 Å². The molecule has 0 fully saturated rings. The highest BCUT2D eigenvalue weighted by Gasteiger charge is 2.07. The molecule has 25 heavy (non-hydrogen) atoms. The smallest absolute Gasteiger partial charge is 0.253 e. The number of halogens is 1. The fraction of sp³-hybridized carbons (Fsp3) is 0.333. The van der Waals surface area contributed by atoms with Gasteiger partial charge < -0.3 is 15.5 Å². The topological polar surface area (TPSA) is 56.7 Å². The van der Waals surface area contributed by atoms with Gasteiger partial charge in [-0.3, -0.25) is 9.79 Å². The van der Waals surface area contributed by atoms with E-state index in [0.29, 0.717) is 12.1 Å². The van der Waals surface area contributed by atoms with Gasteiger partial charge in [-0.1, -0.05) is 18.2 Å². The molecule has 2 aromatic rings. The molecule has 0 spiro atoms. The summed E-state index contributed by atoms with van der Waals surface area (Å²) in [6, 6.07) is 11.8. The van der Waals surface area contributed by atoms with Crippen LogP contribution in [0.15, 0.2) is 46.8 Å². The second-order valence-electron chi connectivity index (χ2n) is 5.58. The Kier molecular flexibility index (Phi) is 9.51. The molecule has 0 aliphatic carbocycles. The Morgan fingerprint density at radius 2 is 1.88 bits per heavy atom. The van der Waals surface area contributed by atoms with Crippen molar-refractivity contribution in [2.24, 2.45) is 4.99 Å². The molecule has 2 N–H and O–H groups in total. The zero-order chi connectivity index (χ0) is 17.4. The number of nitrogens with one attached hydrogen (secondary N) is 2. The Hall–Kier alpha value is -1.61. The zero-order valence-corrected chi connectivity index (χ0v) is 17.9. The summed E-state index contributed by atoms with van der Waals surface area (Å²) in [6.45, 7) is 1.51. The first-order chi connectivity index (χ1) is 11.6. The molecule has 0 radical (unpaired) electrons. The van der Waals surface area contributed by atoms with Gasteiger partial charge in [0.25, 0.3) is 5.91 Å². The predicted octanol–water partition coefficient (Wildman–Crippen LogP) is 2.98. The van der Waals surface area contributed by atoms with Crippen molar-refractivity contribution in [2.75, 3.05) is 27.7 Å². The first-order valence-electron chi connectivity index (χ1n) is 7.87. The van der Waals surface area contributed by atoms with Gasteiger partial charge in [-0.2, -0.15) is 0 Å². The summed E-state index contributed by atoms with van der Waals surface area (Å²) in [5.74, 6) is 0.792. The number of guanidine groups is 1. The molecule has 0 bridgehead atoms. The fourth-order valence-corrected chi connectivity index (χ4v) is 2.90. The molecule has 1 aromatic carbocycles. The number of nitrogens with zero attached hydrogens (tertiary/aromatic N) is 2. The summed E-state index contributed by atoms with van der Waals surface area (Å²) in [6.07, 6.45) is 0.986. The van der Waals surface area contributed by atoms with Crippen LogP contribution in [0.4, 0.5) is 0 Å². The van der Waals surface area contributed by atoms with Crippen LogP contribution in [0.25, 0.3) is 0 Å². The average Bonchev–Trinajstić information content (AvgIpc) is 3.11. The summed E-state index contributed by atoms with van der Waals surface area (Å²) < 4.78 is 0. The van der Waals surface area contributed by atoms with Crippen LogP contribution in [0.2, 0.25) is 0 Å². The summed E-state index contributed by atoms with van der Waals surface area (Å²) in [5.41, 5.74) is 1.80. The van der Waals surface area contributed by atoms with E-state index in [1.54, 1.807) is 37.4 Å². The third-order valence-electron chi connectivity index (χ3n) is 3.53. The van der Waals surface area contributed by atoms with Crippen LogP contribution in [-0.2, 0) is 13.0 Å². The number of rotatable bonds is 6. The van der Waals surface area contributed by atoms with E-state index in [1.807, 2.05) is 24.3 Å². The van der Waals surface area contributed by atoms with E-state index in [4.69, 9.17) is 0 Å². The average molecular weight is 472 g/mol. The number of carbonyl (C=O) groups excluding carboxylic acids is 1. The highest BCUT2D eigenvalue weighted by atomic mass is 127. The van der Waals surface area contributed by atoms with Crippen LogP contribution < -0.4 is 10.6 Å². The van der Waals surface area contributed by atoms with Crippen molar-refractivity contribution in [3.8, 4) is 0 Å². The van der Waals surface area contributed by atoms with Crippen molar-refractivity contribution in [3.63, 3.8) is 0 Å². The van der Waals surface area contributed by atoms with E-state index in [9.17, 15) is 4.79 Å². The molecule has 0 saturated carbocycles. The number of benzene rings is 1. The number of amides is 1. The number of carbonyl (C=O) groups is 1. The monoisotopic (exact) mass is 472 g/mol. The molecule has 1 amide bonds. The van der Waals surface area contributed by atoms with Gasteiger partial charge in [0.15, 0.2) is 5.96 Å². The third kappa shape index (κ3) is 7.03. The van der Waals surface area contributed by atoms with Gasteiger partial charge in [0.1, 0.15) is 0 Å². The van der Waals surface area contributed by atoms with E-state index >= 15 is 0 Å². The standard InChI is InChI=1S/C18H24N4OS.HI/c1-19-18(20-11-10-16-5-4-12-24-16)21-13-14-6-8-15(9-7-14)17(23)22(2)3;/h4-9,12H,10-11,13H2,1-3H3,(H2,19,20,21);1H. The second-order valence-corrected chi connectivity index (χ2v) is 6.61. The van der Waals surface area contributed by atoms with Crippen LogP contribution in [0.1, 0.15) is 20.8 Å². The van der Waals surface area contributed by atoms with Gasteiger partial charge in [0.2, 0.25) is 0 Å². The van der Waals surface area contributed by atoms with Crippen LogP contribution in [0.3, 0.4) is 0 Å². The second kappa shape index (κ2) is 11.1. The maximum atomic E-state index is 11.9. The van der Waals surface area contributed by atoms with E-state index in [2.05, 4.69) is 33.1 Å². The van der Waals surface area contributed by atoms with E-state index in [0.717, 1.165) is 24.5 Å². The van der Waals surface area contributed by atoms with E-state index in [1.165, 1.54) is 4.88 Å². The lowest BCUT2D eigenvalue weighted by Gasteiger charge is -2.13. The molecular formula is C18H25IN4OS. The normalized spacial score (nSPS) is 10.8. The quantitative estimate of drug-likeness (QED) is 0.386. The van der Waals surface area contributed by atoms with Gasteiger partial charge in [-0.15, -0.1) is 35.3 Å². The lowest BCUT2D eigenvalue weighted by Crippen LogP contribution is -2.37. The number of aliphatic imine (C=N–C) groups is 1. The van der Waals surface area contributed by atoms with E-state index < -0.39 is 0 Å². The SMILES string of the molecule is CN=C(NCCc1cccs1)NCc1ccc(C(=O)N(C)C)cc1.I. The molecular weight excluding hydrogens is 447 g/mol. The van der Waals surface area contributed by atoms with Crippen molar-refractivity contribution in [2.45, 2.75) is 13.0 Å². The zero-order valence-electron chi connectivity index (χ0n) is 14.8. The Labute approximate surface area is 170 Å². The first-order valence-corrected chi connectivity index (χ1v) is 8.75. The molecule has 0 atom stereocenters. The van der Waals surface area contributed by atoms with Crippen molar-refractivity contribution in [3.05, 3.63) is 57.8 Å². The lowest BCUT2D eigenvalue weighted by molar-refractivity contribution is 0.0827. The van der Waals surface area contributed by atoms with Crippen molar-refractivity contribution >= 4 is 47.2 Å². The maximum Gasteiger partial charge on any atom is 0.253 e. The largest absolute Gasteiger partial charge is 0.356 e. The summed E-state index contributed by atoms with van der Waals surface area (Å²) >= 11 is 1.77. The third-order valence-corrected chi connectivity index (χ3v) is 4.47. The van der Waals surface area contributed by atoms with Gasteiger partial charge in [-0.05, 0) is 35.6 Å². The summed E-state index contributed by atoms with van der Waals surface area (Å²) in [4.78, 5) is 19.0.